The van der Waals surface area contributed by atoms with Gasteiger partial charge in [0.1, 0.15) is 6.04 Å². The second-order valence-corrected chi connectivity index (χ2v) is 3.37. The number of amides is 1. The minimum Gasteiger partial charge on any atom is -0.391 e. The molecule has 0 bridgehead atoms. The van der Waals surface area contributed by atoms with Crippen molar-refractivity contribution in [2.24, 2.45) is 0 Å². The first kappa shape index (κ1) is 10.4. The maximum atomic E-state index is 10.7. The molecular formula is C8H15NO4. The van der Waals surface area contributed by atoms with Gasteiger partial charge in [0.05, 0.1) is 12.2 Å². The average Bonchev–Trinajstić information content (AvgIpc) is 1.96. The summed E-state index contributed by atoms with van der Waals surface area (Å²) in [5.41, 5.74) is 0. The van der Waals surface area contributed by atoms with E-state index in [0.717, 1.165) is 0 Å². The quantitative estimate of drug-likeness (QED) is 0.493. The number of aliphatic hydroxyl groups is 2. The molecule has 0 aliphatic carbocycles. The largest absolute Gasteiger partial charge is 0.391 e. The lowest BCUT2D eigenvalue weighted by molar-refractivity contribution is -0.202. The zero-order valence-corrected chi connectivity index (χ0v) is 7.73. The van der Waals surface area contributed by atoms with Crippen LogP contribution in [0.5, 0.6) is 0 Å². The lowest BCUT2D eigenvalue weighted by Crippen LogP contribution is -2.56. The predicted octanol–water partition coefficient (Wildman–Crippen LogP) is -1.02. The topological polar surface area (TPSA) is 78.8 Å². The number of carbonyl (C=O) groups is 1. The molecule has 1 amide bonds. The van der Waals surface area contributed by atoms with Crippen molar-refractivity contribution < 1.29 is 19.7 Å². The summed E-state index contributed by atoms with van der Waals surface area (Å²) in [5.74, 6) is -0.291. The highest BCUT2D eigenvalue weighted by molar-refractivity contribution is 5.73. The molecule has 3 N–H and O–H groups in total. The zero-order valence-electron chi connectivity index (χ0n) is 7.73. The molecule has 0 aromatic carbocycles. The maximum Gasteiger partial charge on any atom is 0.217 e. The normalized spacial score (nSPS) is 40.0. The van der Waals surface area contributed by atoms with Crippen LogP contribution in [0.1, 0.15) is 20.3 Å². The van der Waals surface area contributed by atoms with Crippen LogP contribution in [0.3, 0.4) is 0 Å². The molecule has 1 saturated heterocycles. The van der Waals surface area contributed by atoms with Gasteiger partial charge in [0.25, 0.3) is 0 Å². The highest BCUT2D eigenvalue weighted by Crippen LogP contribution is 2.18. The number of rotatable bonds is 1. The van der Waals surface area contributed by atoms with E-state index in [-0.39, 0.29) is 12.0 Å². The molecule has 5 nitrogen and oxygen atoms in total. The van der Waals surface area contributed by atoms with Crippen molar-refractivity contribution in [3.05, 3.63) is 0 Å². The summed E-state index contributed by atoms with van der Waals surface area (Å²) in [6, 6.07) is -0.714. The van der Waals surface area contributed by atoms with Gasteiger partial charge in [0.15, 0.2) is 6.29 Å². The van der Waals surface area contributed by atoms with Gasteiger partial charge >= 0.3 is 0 Å². The van der Waals surface area contributed by atoms with Gasteiger partial charge in [-0.25, -0.2) is 0 Å². The third-order valence-corrected chi connectivity index (χ3v) is 2.04. The Bertz CT molecular complexity index is 185. The molecule has 0 aromatic rings. The van der Waals surface area contributed by atoms with Crippen LogP contribution in [0, 0.1) is 0 Å². The van der Waals surface area contributed by atoms with E-state index in [4.69, 9.17) is 4.74 Å². The molecule has 13 heavy (non-hydrogen) atoms. The molecule has 4 unspecified atom stereocenters. The number of ether oxygens (including phenoxy) is 1. The average molecular weight is 189 g/mol. The fraction of sp³-hybridized carbons (Fsp3) is 0.875. The SMILES string of the molecule is CC(=O)NC1C(O)CC(C)OC1O. The van der Waals surface area contributed by atoms with Crippen molar-refractivity contribution in [1.82, 2.24) is 5.32 Å². The fourth-order valence-corrected chi connectivity index (χ4v) is 1.46. The Hall–Kier alpha value is -0.650. The van der Waals surface area contributed by atoms with E-state index < -0.39 is 18.4 Å². The summed E-state index contributed by atoms with van der Waals surface area (Å²) in [5, 5.41) is 21.3. The van der Waals surface area contributed by atoms with Crippen LogP contribution in [-0.4, -0.2) is 40.7 Å². The predicted molar refractivity (Wildman–Crippen MR) is 44.8 cm³/mol. The summed E-state index contributed by atoms with van der Waals surface area (Å²) < 4.78 is 5.05. The van der Waals surface area contributed by atoms with Crippen LogP contribution in [-0.2, 0) is 9.53 Å². The molecule has 5 heteroatoms. The molecule has 0 radical (unpaired) electrons. The van der Waals surface area contributed by atoms with Crippen LogP contribution in [0.4, 0.5) is 0 Å². The molecule has 76 valence electrons. The fourth-order valence-electron chi connectivity index (χ4n) is 1.46. The monoisotopic (exact) mass is 189 g/mol. The van der Waals surface area contributed by atoms with Crippen molar-refractivity contribution in [1.29, 1.82) is 0 Å². The summed E-state index contributed by atoms with van der Waals surface area (Å²) in [6.07, 6.45) is -1.64. The van der Waals surface area contributed by atoms with Gasteiger partial charge in [-0.05, 0) is 6.92 Å². The van der Waals surface area contributed by atoms with Gasteiger partial charge < -0.3 is 20.3 Å². The third-order valence-electron chi connectivity index (χ3n) is 2.04. The van der Waals surface area contributed by atoms with E-state index in [9.17, 15) is 15.0 Å². The number of carbonyl (C=O) groups excluding carboxylic acids is 1. The Morgan fingerprint density at radius 1 is 1.54 bits per heavy atom. The maximum absolute atomic E-state index is 10.7. The Balaban J connectivity index is 2.56. The van der Waals surface area contributed by atoms with Crippen molar-refractivity contribution in [2.75, 3.05) is 0 Å². The summed E-state index contributed by atoms with van der Waals surface area (Å²) in [4.78, 5) is 10.7. The van der Waals surface area contributed by atoms with Crippen molar-refractivity contribution >= 4 is 5.91 Å². The second kappa shape index (κ2) is 4.04. The summed E-state index contributed by atoms with van der Waals surface area (Å²) in [7, 11) is 0. The van der Waals surface area contributed by atoms with E-state index in [2.05, 4.69) is 5.32 Å². The molecular weight excluding hydrogens is 174 g/mol. The number of hydrogen-bond donors (Lipinski definition) is 3. The molecule has 0 saturated carbocycles. The van der Waals surface area contributed by atoms with Gasteiger partial charge in [-0.15, -0.1) is 0 Å². The highest BCUT2D eigenvalue weighted by Gasteiger charge is 2.35. The molecule has 4 atom stereocenters. The first-order valence-corrected chi connectivity index (χ1v) is 4.29. The minimum absolute atomic E-state index is 0.185. The summed E-state index contributed by atoms with van der Waals surface area (Å²) in [6.45, 7) is 3.09. The Morgan fingerprint density at radius 2 is 2.15 bits per heavy atom. The number of aliphatic hydroxyl groups excluding tert-OH is 2. The van der Waals surface area contributed by atoms with Gasteiger partial charge in [0.2, 0.25) is 5.91 Å². The van der Waals surface area contributed by atoms with Crippen LogP contribution < -0.4 is 5.32 Å². The second-order valence-electron chi connectivity index (χ2n) is 3.37. The molecule has 1 aliphatic heterocycles. The zero-order chi connectivity index (χ0) is 10.0. The van der Waals surface area contributed by atoms with E-state index in [1.165, 1.54) is 6.92 Å². The van der Waals surface area contributed by atoms with Crippen molar-refractivity contribution in [3.8, 4) is 0 Å². The Labute approximate surface area is 76.7 Å². The number of nitrogens with one attached hydrogen (secondary N) is 1. The summed E-state index contributed by atoms with van der Waals surface area (Å²) >= 11 is 0. The third kappa shape index (κ3) is 2.65. The van der Waals surface area contributed by atoms with Crippen LogP contribution >= 0.6 is 0 Å². The van der Waals surface area contributed by atoms with Crippen molar-refractivity contribution in [3.63, 3.8) is 0 Å². The first-order chi connectivity index (χ1) is 6.00. The lowest BCUT2D eigenvalue weighted by atomic mass is 10.0. The van der Waals surface area contributed by atoms with E-state index >= 15 is 0 Å². The van der Waals surface area contributed by atoms with Crippen LogP contribution in [0.2, 0.25) is 0 Å². The van der Waals surface area contributed by atoms with E-state index in [0.29, 0.717) is 6.42 Å². The molecule has 1 aliphatic rings. The molecule has 1 rings (SSSR count). The Morgan fingerprint density at radius 3 is 2.62 bits per heavy atom. The smallest absolute Gasteiger partial charge is 0.217 e. The van der Waals surface area contributed by atoms with Crippen molar-refractivity contribution in [2.45, 2.75) is 44.8 Å². The van der Waals surface area contributed by atoms with Gasteiger partial charge in [0, 0.05) is 13.3 Å². The van der Waals surface area contributed by atoms with E-state index in [1.807, 2.05) is 0 Å². The highest BCUT2D eigenvalue weighted by atomic mass is 16.6. The standard InChI is InChI=1S/C8H15NO4/c1-4-3-6(11)7(8(12)13-4)9-5(2)10/h4,6-8,11-12H,3H2,1-2H3,(H,9,10). The molecule has 0 spiro atoms. The Kier molecular flexibility index (Phi) is 3.24. The molecule has 1 fully saturated rings. The molecule has 1 heterocycles. The van der Waals surface area contributed by atoms with E-state index in [1.54, 1.807) is 6.92 Å². The minimum atomic E-state index is -1.12. The lowest BCUT2D eigenvalue weighted by Gasteiger charge is -2.35. The van der Waals surface area contributed by atoms with Gasteiger partial charge in [-0.1, -0.05) is 0 Å². The first-order valence-electron chi connectivity index (χ1n) is 4.29. The van der Waals surface area contributed by atoms with Gasteiger partial charge in [-0.3, -0.25) is 4.79 Å². The number of hydrogen-bond acceptors (Lipinski definition) is 4. The molecule has 0 aromatic heterocycles. The van der Waals surface area contributed by atoms with Gasteiger partial charge in [-0.2, -0.15) is 0 Å². The van der Waals surface area contributed by atoms with Crippen LogP contribution in [0.25, 0.3) is 0 Å². The van der Waals surface area contributed by atoms with Crippen LogP contribution in [0.15, 0.2) is 0 Å².